The Bertz CT molecular complexity index is 1560. The van der Waals surface area contributed by atoms with Crippen LogP contribution in [-0.4, -0.2) is 36.2 Å². The van der Waals surface area contributed by atoms with Gasteiger partial charge in [-0.1, -0.05) is 65.0 Å². The zero-order valence-electron chi connectivity index (χ0n) is 33.6. The Morgan fingerprint density at radius 3 is 2.31 bits per heavy atom. The first-order valence-electron chi connectivity index (χ1n) is 20.3. The summed E-state index contributed by atoms with van der Waals surface area (Å²) in [6, 6.07) is 7.90. The van der Waals surface area contributed by atoms with E-state index in [4.69, 9.17) is 9.47 Å². The molecule has 5 aliphatic carbocycles. The van der Waals surface area contributed by atoms with Crippen molar-refractivity contribution in [3.05, 3.63) is 42.0 Å². The molecular formula is C45H67NO6. The molecule has 7 heteroatoms. The Kier molecular flexibility index (Phi) is 10.3. The fourth-order valence-electron chi connectivity index (χ4n) is 13.7. The van der Waals surface area contributed by atoms with Crippen LogP contribution in [0.4, 0.5) is 0 Å². The Morgan fingerprint density at radius 2 is 1.63 bits per heavy atom. The van der Waals surface area contributed by atoms with E-state index in [1.54, 1.807) is 21.0 Å². The number of carboxylic acid groups (broad SMARTS) is 1. The van der Waals surface area contributed by atoms with E-state index in [1.165, 1.54) is 37.7 Å². The van der Waals surface area contributed by atoms with Gasteiger partial charge in [-0.2, -0.15) is 0 Å². The number of hydrogen-bond acceptors (Lipinski definition) is 5. The van der Waals surface area contributed by atoms with Crippen LogP contribution >= 0.6 is 0 Å². The molecular weight excluding hydrogens is 650 g/mol. The van der Waals surface area contributed by atoms with Crippen LogP contribution in [0.3, 0.4) is 0 Å². The van der Waals surface area contributed by atoms with Crippen molar-refractivity contribution in [1.82, 2.24) is 5.32 Å². The van der Waals surface area contributed by atoms with E-state index in [0.29, 0.717) is 54.4 Å². The summed E-state index contributed by atoms with van der Waals surface area (Å²) in [5, 5.41) is 12.8. The van der Waals surface area contributed by atoms with Crippen molar-refractivity contribution in [2.24, 2.45) is 68.5 Å². The first-order valence-corrected chi connectivity index (χ1v) is 20.3. The molecule has 0 aliphatic heterocycles. The molecule has 1 amide bonds. The van der Waals surface area contributed by atoms with Crippen molar-refractivity contribution < 1.29 is 29.0 Å². The maximum Gasteiger partial charge on any atom is 0.309 e. The van der Waals surface area contributed by atoms with Crippen LogP contribution in [-0.2, 0) is 25.7 Å². The van der Waals surface area contributed by atoms with E-state index >= 15 is 0 Å². The molecule has 1 aromatic rings. The second-order valence-electron chi connectivity index (χ2n) is 19.9. The van der Waals surface area contributed by atoms with Gasteiger partial charge in [-0.15, -0.1) is 0 Å². The Hall–Kier alpha value is -2.83. The zero-order chi connectivity index (χ0) is 38.0. The molecule has 7 nitrogen and oxygen atoms in total. The summed E-state index contributed by atoms with van der Waals surface area (Å²) in [6.07, 6.45) is 10.4. The first-order chi connectivity index (χ1) is 24.3. The van der Waals surface area contributed by atoms with Gasteiger partial charge in [-0.05, 0) is 142 Å². The predicted octanol–water partition coefficient (Wildman–Crippen LogP) is 9.63. The molecule has 0 bridgehead atoms. The number of carbonyl (C=O) groups is 3. The van der Waals surface area contributed by atoms with E-state index in [2.05, 4.69) is 53.4 Å². The number of fused-ring (bicyclic) bond motifs is 7. The van der Waals surface area contributed by atoms with Gasteiger partial charge in [0, 0.05) is 23.9 Å². The molecule has 1 unspecified atom stereocenters. The maximum atomic E-state index is 13.5. The third-order valence-corrected chi connectivity index (χ3v) is 16.6. The molecule has 52 heavy (non-hydrogen) atoms. The average molecular weight is 718 g/mol. The number of benzene rings is 1. The highest BCUT2D eigenvalue weighted by molar-refractivity contribution is 5.81. The van der Waals surface area contributed by atoms with Gasteiger partial charge in [0.1, 0.15) is 11.9 Å². The van der Waals surface area contributed by atoms with Gasteiger partial charge in [-0.25, -0.2) is 0 Å². The summed E-state index contributed by atoms with van der Waals surface area (Å²) in [7, 11) is 1.67. The quantitative estimate of drug-likeness (QED) is 0.185. The Morgan fingerprint density at radius 1 is 0.942 bits per heavy atom. The fraction of sp³-hybridized carbons (Fsp3) is 0.756. The number of rotatable bonds is 10. The van der Waals surface area contributed by atoms with Gasteiger partial charge in [0.25, 0.3) is 0 Å². The zero-order valence-corrected chi connectivity index (χ0v) is 33.6. The lowest BCUT2D eigenvalue weighted by molar-refractivity contribution is -0.245. The number of esters is 1. The lowest BCUT2D eigenvalue weighted by Crippen LogP contribution is -2.66. The van der Waals surface area contributed by atoms with Crippen LogP contribution in [0.2, 0.25) is 0 Å². The van der Waals surface area contributed by atoms with Gasteiger partial charge >= 0.3 is 11.9 Å². The molecule has 11 atom stereocenters. The number of allylic oxidation sites excluding steroid dienone is 1. The summed E-state index contributed by atoms with van der Waals surface area (Å²) in [5.41, 5.74) is 1.54. The van der Waals surface area contributed by atoms with Crippen LogP contribution in [0, 0.1) is 68.5 Å². The molecule has 5 fully saturated rings. The van der Waals surface area contributed by atoms with Crippen LogP contribution in [0.15, 0.2) is 36.4 Å². The number of para-hydroxylation sites is 1. The largest absolute Gasteiger partial charge is 0.496 e. The molecule has 2 N–H and O–H groups in total. The number of methoxy groups -OCH3 is 1. The molecule has 1 aromatic carbocycles. The van der Waals surface area contributed by atoms with E-state index in [-0.39, 0.29) is 40.1 Å². The van der Waals surface area contributed by atoms with Crippen LogP contribution < -0.4 is 10.1 Å². The van der Waals surface area contributed by atoms with Crippen molar-refractivity contribution in [3.63, 3.8) is 0 Å². The number of aliphatic carboxylic acids is 1. The molecule has 5 saturated carbocycles. The standard InChI is InChI=1S/C45H67NO6/c1-27(2)31-23-29(24-37(47)46-26-28-13-11-12-14-33(28)51-10)30-17-21-44(8)32(39(30)31)15-16-35-43(7)20-19-36(52-38(48)25-41(3,4)40(49)50)42(5,6)34(43)18-22-45(35,44)9/h11-14,29-32,34-36,39H,1,15-26H2,2-10H3,(H,46,47)(H,49,50)/t29-,30?,31-,32+,34-,35+,36-,39+,43-,44+,45+/m0/s1. The minimum absolute atomic E-state index is 0.112. The number of ether oxygens (including phenoxy) is 2. The number of amides is 1. The van der Waals surface area contributed by atoms with Gasteiger partial charge in [0.05, 0.1) is 18.9 Å². The summed E-state index contributed by atoms with van der Waals surface area (Å²) in [5.74, 6) is 3.21. The molecule has 0 aromatic heterocycles. The summed E-state index contributed by atoms with van der Waals surface area (Å²) in [6.45, 7) is 22.9. The Labute approximate surface area is 313 Å². The summed E-state index contributed by atoms with van der Waals surface area (Å²) >= 11 is 0. The van der Waals surface area contributed by atoms with Crippen molar-refractivity contribution in [2.75, 3.05) is 7.11 Å². The summed E-state index contributed by atoms with van der Waals surface area (Å²) in [4.78, 5) is 38.3. The van der Waals surface area contributed by atoms with Crippen molar-refractivity contribution in [3.8, 4) is 5.75 Å². The highest BCUT2D eigenvalue weighted by atomic mass is 16.5. The Balaban J connectivity index is 1.18. The van der Waals surface area contributed by atoms with Crippen LogP contribution in [0.1, 0.15) is 132 Å². The minimum Gasteiger partial charge on any atom is -0.496 e. The topological polar surface area (TPSA) is 102 Å². The third-order valence-electron chi connectivity index (χ3n) is 16.6. The van der Waals surface area contributed by atoms with E-state index in [1.807, 2.05) is 24.3 Å². The summed E-state index contributed by atoms with van der Waals surface area (Å²) < 4.78 is 11.7. The third kappa shape index (κ3) is 6.32. The highest BCUT2D eigenvalue weighted by Crippen LogP contribution is 2.76. The highest BCUT2D eigenvalue weighted by Gasteiger charge is 2.70. The molecule has 5 aliphatic rings. The van der Waals surface area contributed by atoms with Crippen molar-refractivity contribution in [1.29, 1.82) is 0 Å². The normalized spacial score (nSPS) is 39.2. The van der Waals surface area contributed by atoms with Crippen molar-refractivity contribution in [2.45, 2.75) is 139 Å². The number of carbonyl (C=O) groups excluding carboxylic acids is 2. The SMILES string of the molecule is C=C(C)[C@@H]1C[C@@H](CC(=O)NCc2ccccc2OC)C2CC[C@]3(C)[C@H](CC[C@@H]4[C@@]5(C)CC[C@H](OC(=O)CC(C)(C)C(=O)O)C(C)(C)[C@@H]5CC[C@]43C)[C@H]21. The first kappa shape index (κ1) is 38.9. The second-order valence-corrected chi connectivity index (χ2v) is 19.9. The lowest BCUT2D eigenvalue weighted by atomic mass is 9.33. The second kappa shape index (κ2) is 13.8. The van der Waals surface area contributed by atoms with Crippen LogP contribution in [0.25, 0.3) is 0 Å². The number of carboxylic acids is 1. The van der Waals surface area contributed by atoms with Gasteiger partial charge in [0.15, 0.2) is 0 Å². The van der Waals surface area contributed by atoms with Gasteiger partial charge < -0.3 is 19.9 Å². The molecule has 0 saturated heterocycles. The lowest BCUT2D eigenvalue weighted by Gasteiger charge is -2.72. The molecule has 0 heterocycles. The molecule has 6 rings (SSSR count). The maximum absolute atomic E-state index is 13.5. The monoisotopic (exact) mass is 717 g/mol. The van der Waals surface area contributed by atoms with E-state index in [9.17, 15) is 19.5 Å². The minimum atomic E-state index is -1.14. The average Bonchev–Trinajstić information content (AvgIpc) is 3.43. The fourth-order valence-corrected chi connectivity index (χ4v) is 13.7. The smallest absolute Gasteiger partial charge is 0.309 e. The van der Waals surface area contributed by atoms with Crippen LogP contribution in [0.5, 0.6) is 5.75 Å². The van der Waals surface area contributed by atoms with Gasteiger partial charge in [0.2, 0.25) is 5.91 Å². The van der Waals surface area contributed by atoms with Gasteiger partial charge in [-0.3, -0.25) is 14.4 Å². The molecule has 0 spiro atoms. The number of hydrogen-bond donors (Lipinski definition) is 2. The molecule has 0 radical (unpaired) electrons. The number of nitrogens with one attached hydrogen (secondary N) is 1. The van der Waals surface area contributed by atoms with Crippen molar-refractivity contribution >= 4 is 17.8 Å². The van der Waals surface area contributed by atoms with E-state index < -0.39 is 17.4 Å². The predicted molar refractivity (Wildman–Crippen MR) is 204 cm³/mol. The van der Waals surface area contributed by atoms with E-state index in [0.717, 1.165) is 37.0 Å². The molecule has 288 valence electrons.